The van der Waals surface area contributed by atoms with E-state index in [-0.39, 0.29) is 18.4 Å². The van der Waals surface area contributed by atoms with E-state index < -0.39 is 0 Å². The van der Waals surface area contributed by atoms with Crippen molar-refractivity contribution in [3.8, 4) is 0 Å². The number of halogens is 1. The third kappa shape index (κ3) is 3.87. The molecule has 0 bridgehead atoms. The van der Waals surface area contributed by atoms with E-state index in [1.807, 2.05) is 0 Å². The molecular formula is C3H11ClN4O. The summed E-state index contributed by atoms with van der Waals surface area (Å²) in [5.41, 5.74) is 1.80. The van der Waals surface area contributed by atoms with Gasteiger partial charge in [0.05, 0.1) is 0 Å². The highest BCUT2D eigenvalue weighted by molar-refractivity contribution is 5.85. The Hall–Kier alpha value is -0.680. The number of nitrogens with one attached hydrogen (secondary N) is 1. The van der Waals surface area contributed by atoms with Gasteiger partial charge in [-0.3, -0.25) is 5.21 Å². The second kappa shape index (κ2) is 5.46. The molecule has 0 saturated heterocycles. The lowest BCUT2D eigenvalue weighted by Gasteiger charge is -2.10. The maximum atomic E-state index is 8.19. The lowest BCUT2D eigenvalue weighted by molar-refractivity contribution is 0.219. The van der Waals surface area contributed by atoms with E-state index in [4.69, 9.17) is 11.0 Å². The van der Waals surface area contributed by atoms with Gasteiger partial charge in [-0.15, -0.1) is 17.5 Å². The molecule has 0 aromatic rings. The number of hydrogen-bond donors (Lipinski definition) is 3. The molecule has 9 heavy (non-hydrogen) atoms. The van der Waals surface area contributed by atoms with E-state index in [2.05, 4.69) is 5.10 Å². The fourth-order valence-corrected chi connectivity index (χ4v) is 0.244. The van der Waals surface area contributed by atoms with Crippen LogP contribution in [0.15, 0.2) is 5.10 Å². The number of nitrogens with two attached hydrogens (primary N) is 1. The minimum absolute atomic E-state index is 0. The molecule has 0 aromatic carbocycles. The van der Waals surface area contributed by atoms with Crippen LogP contribution < -0.4 is 11.3 Å². The van der Waals surface area contributed by atoms with E-state index in [0.717, 1.165) is 0 Å². The Morgan fingerprint density at radius 3 is 2.11 bits per heavy atom. The minimum Gasteiger partial charge on any atom is -0.346 e. The van der Waals surface area contributed by atoms with Crippen molar-refractivity contribution in [1.29, 1.82) is 0 Å². The summed E-state index contributed by atoms with van der Waals surface area (Å²) in [5, 5.41) is 11.4. The predicted molar refractivity (Wildman–Crippen MR) is 37.5 cm³/mol. The van der Waals surface area contributed by atoms with E-state index in [9.17, 15) is 0 Å². The van der Waals surface area contributed by atoms with Gasteiger partial charge in [0.1, 0.15) is 0 Å². The molecule has 6 heteroatoms. The maximum absolute atomic E-state index is 8.19. The first-order chi connectivity index (χ1) is 3.72. The highest BCUT2D eigenvalue weighted by atomic mass is 35.5. The SMILES string of the molecule is CN(C)C(=NN)NO.Cl. The van der Waals surface area contributed by atoms with Gasteiger partial charge in [0, 0.05) is 14.1 Å². The average molecular weight is 155 g/mol. The third-order valence-electron chi connectivity index (χ3n) is 0.646. The lowest BCUT2D eigenvalue weighted by Crippen LogP contribution is -2.34. The average Bonchev–Trinajstić information content (AvgIpc) is 1.69. The first-order valence-corrected chi connectivity index (χ1v) is 2.07. The number of guanidine groups is 1. The van der Waals surface area contributed by atoms with Crippen LogP contribution in [0.3, 0.4) is 0 Å². The first-order valence-electron chi connectivity index (χ1n) is 2.07. The molecule has 0 aliphatic carbocycles. The zero-order valence-electron chi connectivity index (χ0n) is 5.33. The van der Waals surface area contributed by atoms with Crippen molar-refractivity contribution in [2.75, 3.05) is 14.1 Å². The van der Waals surface area contributed by atoms with Crippen LogP contribution in [-0.4, -0.2) is 30.2 Å². The van der Waals surface area contributed by atoms with Crippen molar-refractivity contribution in [3.63, 3.8) is 0 Å². The molecule has 56 valence electrons. The van der Waals surface area contributed by atoms with Crippen LogP contribution in [0.2, 0.25) is 0 Å². The first kappa shape index (κ1) is 11.2. The van der Waals surface area contributed by atoms with Crippen LogP contribution in [0.1, 0.15) is 0 Å². The number of rotatable bonds is 0. The maximum Gasteiger partial charge on any atom is 0.239 e. The molecule has 0 aliphatic rings. The highest BCUT2D eigenvalue weighted by Gasteiger charge is 1.94. The second-order valence-electron chi connectivity index (χ2n) is 1.46. The molecule has 0 spiro atoms. The second-order valence-corrected chi connectivity index (χ2v) is 1.46. The van der Waals surface area contributed by atoms with Crippen LogP contribution in [0.5, 0.6) is 0 Å². The molecule has 0 amide bonds. The summed E-state index contributed by atoms with van der Waals surface area (Å²) in [4.78, 5) is 1.54. The van der Waals surface area contributed by atoms with Gasteiger partial charge < -0.3 is 10.7 Å². The van der Waals surface area contributed by atoms with Gasteiger partial charge in [0.15, 0.2) is 0 Å². The lowest BCUT2D eigenvalue weighted by atomic mass is 10.8. The molecule has 0 atom stereocenters. The number of hydrogen-bond acceptors (Lipinski definition) is 3. The monoisotopic (exact) mass is 154 g/mol. The standard InChI is InChI=1S/C3H10N4O.ClH/c1-7(2)3(5-4)6-8;/h8H,4H2,1-2H3,(H,5,6);1H. The van der Waals surface area contributed by atoms with Crippen LogP contribution >= 0.6 is 12.4 Å². The van der Waals surface area contributed by atoms with Gasteiger partial charge in [-0.2, -0.15) is 0 Å². The van der Waals surface area contributed by atoms with Crippen molar-refractivity contribution >= 4 is 18.4 Å². The van der Waals surface area contributed by atoms with Gasteiger partial charge in [0.25, 0.3) is 0 Å². The van der Waals surface area contributed by atoms with E-state index in [0.29, 0.717) is 0 Å². The molecule has 0 aliphatic heterocycles. The Labute approximate surface area is 59.9 Å². The molecule has 4 N–H and O–H groups in total. The Morgan fingerprint density at radius 2 is 2.11 bits per heavy atom. The van der Waals surface area contributed by atoms with Gasteiger partial charge in [0.2, 0.25) is 5.96 Å². The minimum atomic E-state index is 0. The predicted octanol–water partition coefficient (Wildman–Crippen LogP) is -0.822. The molecule has 0 rings (SSSR count). The van der Waals surface area contributed by atoms with Crippen molar-refractivity contribution in [2.45, 2.75) is 0 Å². The summed E-state index contributed by atoms with van der Waals surface area (Å²) in [6, 6.07) is 0. The molecule has 5 nitrogen and oxygen atoms in total. The molecule has 0 heterocycles. The van der Waals surface area contributed by atoms with Crippen LogP contribution in [0.25, 0.3) is 0 Å². The number of hydrazone groups is 1. The fraction of sp³-hybridized carbons (Fsp3) is 0.667. The largest absolute Gasteiger partial charge is 0.346 e. The fourth-order valence-electron chi connectivity index (χ4n) is 0.244. The number of hydroxylamine groups is 1. The summed E-state index contributed by atoms with van der Waals surface area (Å²) in [6.45, 7) is 0. The molecular weight excluding hydrogens is 144 g/mol. The van der Waals surface area contributed by atoms with Crippen LogP contribution in [-0.2, 0) is 0 Å². The van der Waals surface area contributed by atoms with Crippen molar-refractivity contribution in [3.05, 3.63) is 0 Å². The third-order valence-corrected chi connectivity index (χ3v) is 0.646. The van der Waals surface area contributed by atoms with E-state index in [1.165, 1.54) is 0 Å². The topological polar surface area (TPSA) is 73.9 Å². The van der Waals surface area contributed by atoms with Gasteiger partial charge in [-0.25, -0.2) is 5.48 Å². The summed E-state index contributed by atoms with van der Waals surface area (Å²) < 4.78 is 0. The molecule has 0 radical (unpaired) electrons. The highest BCUT2D eigenvalue weighted by Crippen LogP contribution is 1.71. The summed E-state index contributed by atoms with van der Waals surface area (Å²) in [6.07, 6.45) is 0. The van der Waals surface area contributed by atoms with Crippen molar-refractivity contribution in [1.82, 2.24) is 10.4 Å². The van der Waals surface area contributed by atoms with Crippen LogP contribution in [0.4, 0.5) is 0 Å². The summed E-state index contributed by atoms with van der Waals surface area (Å²) in [5.74, 6) is 5.03. The summed E-state index contributed by atoms with van der Waals surface area (Å²) in [7, 11) is 3.41. The van der Waals surface area contributed by atoms with Crippen molar-refractivity contribution in [2.24, 2.45) is 10.9 Å². The van der Waals surface area contributed by atoms with Gasteiger partial charge >= 0.3 is 0 Å². The quantitative estimate of drug-likeness (QED) is 0.185. The van der Waals surface area contributed by atoms with Gasteiger partial charge in [-0.05, 0) is 0 Å². The smallest absolute Gasteiger partial charge is 0.239 e. The molecule has 0 fully saturated rings. The molecule has 0 unspecified atom stereocenters. The van der Waals surface area contributed by atoms with Crippen molar-refractivity contribution < 1.29 is 5.21 Å². The van der Waals surface area contributed by atoms with Crippen LogP contribution in [0, 0.1) is 0 Å². The zero-order chi connectivity index (χ0) is 6.57. The summed E-state index contributed by atoms with van der Waals surface area (Å²) >= 11 is 0. The number of nitrogens with zero attached hydrogens (tertiary/aromatic N) is 2. The molecule has 0 saturated carbocycles. The molecule has 0 aromatic heterocycles. The normalized spacial score (nSPS) is 9.89. The Bertz CT molecular complexity index is 93.8. The van der Waals surface area contributed by atoms with E-state index >= 15 is 0 Å². The van der Waals surface area contributed by atoms with Gasteiger partial charge in [-0.1, -0.05) is 0 Å². The Balaban J connectivity index is 0. The van der Waals surface area contributed by atoms with E-state index in [1.54, 1.807) is 24.5 Å². The zero-order valence-corrected chi connectivity index (χ0v) is 6.14. The Kier molecular flexibility index (Phi) is 6.77. The Morgan fingerprint density at radius 1 is 1.67 bits per heavy atom.